The zero-order valence-corrected chi connectivity index (χ0v) is 11.7. The third-order valence-corrected chi connectivity index (χ3v) is 3.48. The Morgan fingerprint density at radius 2 is 2.05 bits per heavy atom. The van der Waals surface area contributed by atoms with Crippen molar-refractivity contribution >= 4 is 23.3 Å². The van der Waals surface area contributed by atoms with Gasteiger partial charge in [0.1, 0.15) is 0 Å². The first-order chi connectivity index (χ1) is 10.5. The number of rotatable bonds is 6. The van der Waals surface area contributed by atoms with Crippen LogP contribution in [0.5, 0.6) is 0 Å². The van der Waals surface area contributed by atoms with Crippen molar-refractivity contribution in [2.24, 2.45) is 5.92 Å². The maximum absolute atomic E-state index is 12.2. The molecule has 0 radical (unpaired) electrons. The van der Waals surface area contributed by atoms with Gasteiger partial charge in [0.2, 0.25) is 5.91 Å². The van der Waals surface area contributed by atoms with Crippen LogP contribution in [0, 0.1) is 16.0 Å². The average Bonchev–Trinajstić information content (AvgIpc) is 2.99. The van der Waals surface area contributed by atoms with Crippen LogP contribution in [0.3, 0.4) is 0 Å². The Bertz CT molecular complexity index is 565. The number of nitrogens with one attached hydrogen (secondary N) is 1. The SMILES string of the molecule is O=C([O-])C[C@@H](C(=O)Nc1ccc([N+](=O)[O-])cc1)[C@H]1CCCO1. The Kier molecular flexibility index (Phi) is 5.05. The van der Waals surface area contributed by atoms with Crippen LogP contribution in [0.15, 0.2) is 24.3 Å². The highest BCUT2D eigenvalue weighted by Crippen LogP contribution is 2.25. The van der Waals surface area contributed by atoms with Crippen molar-refractivity contribution in [3.63, 3.8) is 0 Å². The second kappa shape index (κ2) is 6.99. The summed E-state index contributed by atoms with van der Waals surface area (Å²) < 4.78 is 5.38. The van der Waals surface area contributed by atoms with Crippen LogP contribution in [0.1, 0.15) is 19.3 Å². The number of carboxylic acid groups (broad SMARTS) is 1. The van der Waals surface area contributed by atoms with Crippen LogP contribution in [0.4, 0.5) is 11.4 Å². The van der Waals surface area contributed by atoms with Gasteiger partial charge in [0.25, 0.3) is 5.69 Å². The van der Waals surface area contributed by atoms with E-state index in [1.165, 1.54) is 24.3 Å². The standard InChI is InChI=1S/C14H16N2O6/c17-13(18)8-11(12-2-1-7-22-12)14(19)15-9-3-5-10(6-4-9)16(20)21/h3-6,11-12H,1-2,7-8H2,(H,15,19)(H,17,18)/p-1/t11-,12-/m1/s1. The third-order valence-electron chi connectivity index (χ3n) is 3.48. The predicted octanol–water partition coefficient (Wildman–Crippen LogP) is 0.468. The van der Waals surface area contributed by atoms with Gasteiger partial charge < -0.3 is 20.0 Å². The molecular formula is C14H15N2O6-. The summed E-state index contributed by atoms with van der Waals surface area (Å²) in [5.41, 5.74) is 0.264. The molecule has 0 aromatic heterocycles. The van der Waals surface area contributed by atoms with Gasteiger partial charge in [-0.2, -0.15) is 0 Å². The number of carbonyl (C=O) groups excluding carboxylic acids is 2. The van der Waals surface area contributed by atoms with Gasteiger partial charge in [-0.15, -0.1) is 0 Å². The number of amides is 1. The number of hydrogen-bond donors (Lipinski definition) is 1. The van der Waals surface area contributed by atoms with Crippen molar-refractivity contribution in [3.05, 3.63) is 34.4 Å². The highest BCUT2D eigenvalue weighted by molar-refractivity contribution is 5.94. The second-order valence-corrected chi connectivity index (χ2v) is 5.03. The molecule has 0 unspecified atom stereocenters. The number of anilines is 1. The first-order valence-electron chi connectivity index (χ1n) is 6.84. The van der Waals surface area contributed by atoms with E-state index < -0.39 is 35.2 Å². The second-order valence-electron chi connectivity index (χ2n) is 5.03. The molecule has 1 aromatic rings. The van der Waals surface area contributed by atoms with Gasteiger partial charge >= 0.3 is 0 Å². The molecular weight excluding hydrogens is 292 g/mol. The van der Waals surface area contributed by atoms with Crippen LogP contribution in [-0.4, -0.2) is 29.5 Å². The number of aliphatic carboxylic acids is 1. The van der Waals surface area contributed by atoms with Crippen molar-refractivity contribution in [2.45, 2.75) is 25.4 Å². The van der Waals surface area contributed by atoms with Crippen molar-refractivity contribution < 1.29 is 24.4 Å². The van der Waals surface area contributed by atoms with E-state index in [9.17, 15) is 24.8 Å². The van der Waals surface area contributed by atoms with E-state index in [0.717, 1.165) is 6.42 Å². The Labute approximate surface area is 126 Å². The maximum Gasteiger partial charge on any atom is 0.269 e. The van der Waals surface area contributed by atoms with E-state index in [1.54, 1.807) is 0 Å². The lowest BCUT2D eigenvalue weighted by molar-refractivity contribution is -0.384. The molecule has 0 aliphatic carbocycles. The van der Waals surface area contributed by atoms with Crippen molar-refractivity contribution in [1.82, 2.24) is 0 Å². The highest BCUT2D eigenvalue weighted by atomic mass is 16.6. The number of nitro benzene ring substituents is 1. The Balaban J connectivity index is 2.06. The van der Waals surface area contributed by atoms with E-state index in [1.807, 2.05) is 0 Å². The largest absolute Gasteiger partial charge is 0.550 e. The molecule has 1 N–H and O–H groups in total. The zero-order chi connectivity index (χ0) is 16.1. The number of hydrogen-bond acceptors (Lipinski definition) is 6. The molecule has 2 rings (SSSR count). The molecule has 1 aliphatic rings. The lowest BCUT2D eigenvalue weighted by Gasteiger charge is -2.22. The maximum atomic E-state index is 12.2. The van der Waals surface area contributed by atoms with Gasteiger partial charge in [0, 0.05) is 36.8 Å². The zero-order valence-electron chi connectivity index (χ0n) is 11.7. The summed E-state index contributed by atoms with van der Waals surface area (Å²) >= 11 is 0. The normalized spacial score (nSPS) is 18.6. The number of nitro groups is 1. The number of carboxylic acids is 1. The molecule has 2 atom stereocenters. The number of benzene rings is 1. The number of nitrogens with zero attached hydrogens (tertiary/aromatic N) is 1. The highest BCUT2D eigenvalue weighted by Gasteiger charge is 2.31. The summed E-state index contributed by atoms with van der Waals surface area (Å²) in [6.07, 6.45) is 0.518. The molecule has 0 saturated carbocycles. The smallest absolute Gasteiger partial charge is 0.269 e. The predicted molar refractivity (Wildman–Crippen MR) is 73.8 cm³/mol. The molecule has 1 heterocycles. The number of carbonyl (C=O) groups is 2. The van der Waals surface area contributed by atoms with E-state index in [0.29, 0.717) is 18.7 Å². The number of ether oxygens (including phenoxy) is 1. The number of non-ortho nitro benzene ring substituents is 1. The quantitative estimate of drug-likeness (QED) is 0.602. The van der Waals surface area contributed by atoms with Gasteiger partial charge in [0.05, 0.1) is 16.9 Å². The Morgan fingerprint density at radius 1 is 1.36 bits per heavy atom. The van der Waals surface area contributed by atoms with E-state index >= 15 is 0 Å². The van der Waals surface area contributed by atoms with Gasteiger partial charge in [0.15, 0.2) is 0 Å². The van der Waals surface area contributed by atoms with Crippen LogP contribution in [0.25, 0.3) is 0 Å². The summed E-state index contributed by atoms with van der Waals surface area (Å²) in [6, 6.07) is 5.30. The molecule has 0 bridgehead atoms. The van der Waals surface area contributed by atoms with E-state index in [2.05, 4.69) is 5.32 Å². The Morgan fingerprint density at radius 3 is 2.55 bits per heavy atom. The molecule has 1 amide bonds. The van der Waals surface area contributed by atoms with Crippen molar-refractivity contribution in [2.75, 3.05) is 11.9 Å². The summed E-state index contributed by atoms with van der Waals surface area (Å²) in [4.78, 5) is 33.1. The summed E-state index contributed by atoms with van der Waals surface area (Å²) in [6.45, 7) is 0.499. The first kappa shape index (κ1) is 15.9. The van der Waals surface area contributed by atoms with Gasteiger partial charge in [-0.25, -0.2) is 0 Å². The molecule has 22 heavy (non-hydrogen) atoms. The van der Waals surface area contributed by atoms with Crippen LogP contribution in [-0.2, 0) is 14.3 Å². The molecule has 8 nitrogen and oxygen atoms in total. The first-order valence-corrected chi connectivity index (χ1v) is 6.84. The Hall–Kier alpha value is -2.48. The minimum Gasteiger partial charge on any atom is -0.550 e. The van der Waals surface area contributed by atoms with E-state index in [4.69, 9.17) is 4.74 Å². The molecule has 1 saturated heterocycles. The molecule has 8 heteroatoms. The van der Waals surface area contributed by atoms with Crippen LogP contribution < -0.4 is 10.4 Å². The van der Waals surface area contributed by atoms with Gasteiger partial charge in [-0.3, -0.25) is 14.9 Å². The minimum absolute atomic E-state index is 0.0941. The average molecular weight is 307 g/mol. The van der Waals surface area contributed by atoms with Gasteiger partial charge in [-0.05, 0) is 25.0 Å². The fourth-order valence-corrected chi connectivity index (χ4v) is 2.39. The molecule has 1 aliphatic heterocycles. The lowest BCUT2D eigenvalue weighted by Crippen LogP contribution is -2.38. The van der Waals surface area contributed by atoms with Crippen LogP contribution in [0.2, 0.25) is 0 Å². The molecule has 1 aromatic carbocycles. The molecule has 0 spiro atoms. The minimum atomic E-state index is -1.32. The fourth-order valence-electron chi connectivity index (χ4n) is 2.39. The van der Waals surface area contributed by atoms with Gasteiger partial charge in [-0.1, -0.05) is 0 Å². The van der Waals surface area contributed by atoms with E-state index in [-0.39, 0.29) is 5.69 Å². The topological polar surface area (TPSA) is 122 Å². The van der Waals surface area contributed by atoms with Crippen molar-refractivity contribution in [3.8, 4) is 0 Å². The lowest BCUT2D eigenvalue weighted by atomic mass is 9.95. The third kappa shape index (κ3) is 4.01. The fraction of sp³-hybridized carbons (Fsp3) is 0.429. The van der Waals surface area contributed by atoms with Crippen LogP contribution >= 0.6 is 0 Å². The van der Waals surface area contributed by atoms with Crippen molar-refractivity contribution in [1.29, 1.82) is 0 Å². The summed E-state index contributed by atoms with van der Waals surface area (Å²) in [7, 11) is 0. The monoisotopic (exact) mass is 307 g/mol. The summed E-state index contributed by atoms with van der Waals surface area (Å²) in [5.74, 6) is -2.66. The molecule has 118 valence electrons. The summed E-state index contributed by atoms with van der Waals surface area (Å²) in [5, 5.41) is 23.9. The molecule has 1 fully saturated rings.